The van der Waals surface area contributed by atoms with Crippen LogP contribution in [0.15, 0.2) is 66.4 Å². The molecule has 0 saturated heterocycles. The number of fused-ring (bicyclic) bond motifs is 1. The molecule has 138 valence electrons. The number of aliphatic hydroxyl groups excluding tert-OH is 1. The van der Waals surface area contributed by atoms with Crippen molar-refractivity contribution in [3.8, 4) is 0 Å². The fraction of sp³-hybridized carbons (Fsp3) is 0.182. The van der Waals surface area contributed by atoms with Crippen molar-refractivity contribution in [1.29, 1.82) is 0 Å². The molecule has 27 heavy (non-hydrogen) atoms. The van der Waals surface area contributed by atoms with Gasteiger partial charge in [0.05, 0.1) is 0 Å². The van der Waals surface area contributed by atoms with Crippen LogP contribution in [0.25, 0.3) is 5.76 Å². The minimum atomic E-state index is -0.782. The van der Waals surface area contributed by atoms with E-state index in [1.54, 1.807) is 24.3 Å². The van der Waals surface area contributed by atoms with Gasteiger partial charge in [-0.1, -0.05) is 43.6 Å². The number of carbonyl (C=O) groups excluding carboxylic acids is 2. The Morgan fingerprint density at radius 3 is 2.30 bits per heavy atom. The average molecular weight is 382 g/mol. The van der Waals surface area contributed by atoms with Gasteiger partial charge in [0.2, 0.25) is 11.6 Å². The van der Waals surface area contributed by atoms with Gasteiger partial charge >= 0.3 is 0 Å². The Labute approximate surface area is 163 Å². The van der Waals surface area contributed by atoms with Crippen molar-refractivity contribution in [3.05, 3.63) is 82.5 Å². The Morgan fingerprint density at radius 2 is 1.67 bits per heavy atom. The SMILES string of the molecule is CN1/C(=C/C(=O)C(=O)/C=C(\O)c2ccc(Cl)cc2)C(C)(C)c2ccccc21. The summed E-state index contributed by atoms with van der Waals surface area (Å²) in [6.07, 6.45) is 2.30. The quantitative estimate of drug-likeness (QED) is 0.474. The second kappa shape index (κ2) is 7.05. The summed E-state index contributed by atoms with van der Waals surface area (Å²) in [5.41, 5.74) is 2.86. The Kier molecular flexibility index (Phi) is 4.94. The largest absolute Gasteiger partial charge is 0.507 e. The van der Waals surface area contributed by atoms with Gasteiger partial charge in [-0.15, -0.1) is 0 Å². The summed E-state index contributed by atoms with van der Waals surface area (Å²) in [4.78, 5) is 26.7. The van der Waals surface area contributed by atoms with E-state index in [0.717, 1.165) is 23.0 Å². The molecule has 0 radical (unpaired) electrons. The maximum absolute atomic E-state index is 12.5. The molecular formula is C22H20ClNO3. The third-order valence-corrected chi connectivity index (χ3v) is 5.11. The number of benzene rings is 2. The summed E-state index contributed by atoms with van der Waals surface area (Å²) in [7, 11) is 1.87. The fourth-order valence-corrected chi connectivity index (χ4v) is 3.48. The molecule has 0 amide bonds. The van der Waals surface area contributed by atoms with Crippen LogP contribution in [0, 0.1) is 0 Å². The van der Waals surface area contributed by atoms with E-state index in [1.807, 2.05) is 50.1 Å². The second-order valence-electron chi connectivity index (χ2n) is 7.00. The van der Waals surface area contributed by atoms with Gasteiger partial charge in [-0.05, 0) is 35.9 Å². The van der Waals surface area contributed by atoms with Gasteiger partial charge in [-0.25, -0.2) is 0 Å². The molecule has 0 aromatic heterocycles. The van der Waals surface area contributed by atoms with E-state index in [2.05, 4.69) is 0 Å². The molecule has 1 aliphatic heterocycles. The van der Waals surface area contributed by atoms with E-state index >= 15 is 0 Å². The summed E-state index contributed by atoms with van der Waals surface area (Å²) >= 11 is 5.81. The number of allylic oxidation sites excluding steroid dienone is 3. The lowest BCUT2D eigenvalue weighted by molar-refractivity contribution is -0.131. The van der Waals surface area contributed by atoms with Crippen molar-refractivity contribution in [1.82, 2.24) is 0 Å². The number of carbonyl (C=O) groups is 2. The molecule has 3 rings (SSSR count). The molecule has 0 unspecified atom stereocenters. The number of hydrogen-bond acceptors (Lipinski definition) is 4. The summed E-state index contributed by atoms with van der Waals surface area (Å²) < 4.78 is 0. The number of anilines is 1. The van der Waals surface area contributed by atoms with Crippen molar-refractivity contribution in [2.75, 3.05) is 11.9 Å². The molecule has 0 aliphatic carbocycles. The highest BCUT2D eigenvalue weighted by Gasteiger charge is 2.38. The van der Waals surface area contributed by atoms with Gasteiger partial charge in [0.15, 0.2) is 0 Å². The Balaban J connectivity index is 1.87. The van der Waals surface area contributed by atoms with Gasteiger partial charge in [0.1, 0.15) is 5.76 Å². The van der Waals surface area contributed by atoms with Gasteiger partial charge < -0.3 is 10.0 Å². The number of hydrogen-bond donors (Lipinski definition) is 1. The zero-order valence-corrected chi connectivity index (χ0v) is 16.1. The van der Waals surface area contributed by atoms with Crippen molar-refractivity contribution in [3.63, 3.8) is 0 Å². The van der Waals surface area contributed by atoms with E-state index in [0.29, 0.717) is 10.6 Å². The van der Waals surface area contributed by atoms with Crippen LogP contribution in [0.4, 0.5) is 5.69 Å². The molecule has 0 fully saturated rings. The number of rotatable bonds is 4. The first-order valence-corrected chi connectivity index (χ1v) is 8.90. The van der Waals surface area contributed by atoms with Crippen molar-refractivity contribution < 1.29 is 14.7 Å². The Morgan fingerprint density at radius 1 is 1.04 bits per heavy atom. The van der Waals surface area contributed by atoms with Crippen LogP contribution in [0.5, 0.6) is 0 Å². The highest BCUT2D eigenvalue weighted by Crippen LogP contribution is 2.46. The van der Waals surface area contributed by atoms with Crippen LogP contribution in [0.1, 0.15) is 25.0 Å². The maximum Gasteiger partial charge on any atom is 0.229 e. The predicted molar refractivity (Wildman–Crippen MR) is 108 cm³/mol. The van der Waals surface area contributed by atoms with E-state index in [4.69, 9.17) is 11.6 Å². The summed E-state index contributed by atoms with van der Waals surface area (Å²) in [6.45, 7) is 4.03. The normalized spacial score (nSPS) is 17.1. The predicted octanol–water partition coefficient (Wildman–Crippen LogP) is 4.69. The Hall–Kier alpha value is -2.85. The van der Waals surface area contributed by atoms with Crippen LogP contribution < -0.4 is 4.90 Å². The first-order chi connectivity index (χ1) is 12.7. The van der Waals surface area contributed by atoms with E-state index in [1.165, 1.54) is 6.08 Å². The van der Waals surface area contributed by atoms with E-state index in [-0.39, 0.29) is 5.76 Å². The Bertz CT molecular complexity index is 971. The van der Waals surface area contributed by atoms with Crippen molar-refractivity contribution in [2.45, 2.75) is 19.3 Å². The highest BCUT2D eigenvalue weighted by molar-refractivity contribution is 6.46. The molecular weight excluding hydrogens is 362 g/mol. The van der Waals surface area contributed by atoms with Crippen LogP contribution in [-0.4, -0.2) is 23.7 Å². The minimum absolute atomic E-state index is 0.272. The van der Waals surface area contributed by atoms with E-state index in [9.17, 15) is 14.7 Å². The smallest absolute Gasteiger partial charge is 0.229 e. The lowest BCUT2D eigenvalue weighted by Gasteiger charge is -2.23. The van der Waals surface area contributed by atoms with Crippen LogP contribution in [0.2, 0.25) is 5.02 Å². The number of nitrogens with zero attached hydrogens (tertiary/aromatic N) is 1. The molecule has 4 nitrogen and oxygen atoms in total. The molecule has 1 N–H and O–H groups in total. The molecule has 0 bridgehead atoms. The molecule has 2 aromatic rings. The molecule has 2 aromatic carbocycles. The van der Waals surface area contributed by atoms with Gasteiger partial charge in [-0.3, -0.25) is 9.59 Å². The molecule has 1 heterocycles. The second-order valence-corrected chi connectivity index (χ2v) is 7.43. The first kappa shape index (κ1) is 18.9. The summed E-state index contributed by atoms with van der Waals surface area (Å²) in [5.74, 6) is -1.74. The minimum Gasteiger partial charge on any atom is -0.507 e. The number of para-hydroxylation sites is 1. The topological polar surface area (TPSA) is 57.6 Å². The molecule has 0 atom stereocenters. The first-order valence-electron chi connectivity index (χ1n) is 8.52. The van der Waals surface area contributed by atoms with Crippen LogP contribution in [0.3, 0.4) is 0 Å². The lowest BCUT2D eigenvalue weighted by Crippen LogP contribution is -2.25. The zero-order chi connectivity index (χ0) is 19.8. The van der Waals surface area contributed by atoms with Crippen LogP contribution in [-0.2, 0) is 15.0 Å². The molecule has 0 spiro atoms. The van der Waals surface area contributed by atoms with Gasteiger partial charge in [-0.2, -0.15) is 0 Å². The highest BCUT2D eigenvalue weighted by atomic mass is 35.5. The van der Waals surface area contributed by atoms with Crippen LogP contribution >= 0.6 is 11.6 Å². The third kappa shape index (κ3) is 3.53. The average Bonchev–Trinajstić information content (AvgIpc) is 2.83. The molecule has 5 heteroatoms. The fourth-order valence-electron chi connectivity index (χ4n) is 3.35. The summed E-state index contributed by atoms with van der Waals surface area (Å²) in [5, 5.41) is 10.6. The van der Waals surface area contributed by atoms with Crippen molar-refractivity contribution >= 4 is 34.6 Å². The van der Waals surface area contributed by atoms with Crippen molar-refractivity contribution in [2.24, 2.45) is 0 Å². The lowest BCUT2D eigenvalue weighted by atomic mass is 9.83. The standard InChI is InChI=1S/C22H20ClNO3/c1-22(2)16-6-4-5-7-17(16)24(3)21(22)13-20(27)19(26)12-18(25)14-8-10-15(23)11-9-14/h4-13,25H,1-3H3/b18-12-,21-13+. The number of likely N-dealkylation sites (N-methyl/N-ethyl adjacent to an activating group) is 1. The number of ketones is 2. The van der Waals surface area contributed by atoms with E-state index < -0.39 is 17.0 Å². The number of halogens is 1. The number of aliphatic hydroxyl groups is 1. The maximum atomic E-state index is 12.5. The zero-order valence-electron chi connectivity index (χ0n) is 15.4. The van der Waals surface area contributed by atoms with Gasteiger partial charge in [0, 0.05) is 46.6 Å². The molecule has 0 saturated carbocycles. The monoisotopic (exact) mass is 381 g/mol. The molecule has 1 aliphatic rings. The van der Waals surface area contributed by atoms with Gasteiger partial charge in [0.25, 0.3) is 0 Å². The third-order valence-electron chi connectivity index (χ3n) is 4.86. The summed E-state index contributed by atoms with van der Waals surface area (Å²) in [6, 6.07) is 14.3.